The molecule has 0 bridgehead atoms. The zero-order valence-electron chi connectivity index (χ0n) is 34.0. The third kappa shape index (κ3) is 6.45. The third-order valence-electron chi connectivity index (χ3n) is 11.8. The number of fused-ring (bicyclic) bond motifs is 8. The van der Waals surface area contributed by atoms with Gasteiger partial charge >= 0.3 is 21.1 Å². The number of aryl methyl sites for hydroxylation is 2. The second-order valence-electron chi connectivity index (χ2n) is 15.3. The van der Waals surface area contributed by atoms with E-state index in [-0.39, 0.29) is 26.8 Å². The van der Waals surface area contributed by atoms with Gasteiger partial charge in [-0.25, -0.2) is 0 Å². The van der Waals surface area contributed by atoms with E-state index in [1.165, 1.54) is 20.9 Å². The Labute approximate surface area is 371 Å². The van der Waals surface area contributed by atoms with Gasteiger partial charge in [0.25, 0.3) is 0 Å². The molecule has 0 amide bonds. The van der Waals surface area contributed by atoms with Crippen molar-refractivity contribution in [2.45, 2.75) is 0 Å². The van der Waals surface area contributed by atoms with Crippen molar-refractivity contribution < 1.29 is 35.3 Å². The molecule has 0 saturated heterocycles. The van der Waals surface area contributed by atoms with E-state index in [1.54, 1.807) is 6.07 Å². The summed E-state index contributed by atoms with van der Waals surface area (Å²) >= 11 is 0. The Hall–Kier alpha value is -7.33. The van der Waals surface area contributed by atoms with E-state index in [2.05, 4.69) is 175 Å². The van der Waals surface area contributed by atoms with Gasteiger partial charge in [-0.1, -0.05) is 206 Å². The van der Waals surface area contributed by atoms with Crippen LogP contribution in [0.5, 0.6) is 5.75 Å². The van der Waals surface area contributed by atoms with Gasteiger partial charge in [0.15, 0.2) is 0 Å². The summed E-state index contributed by atoms with van der Waals surface area (Å²) in [5, 5.41) is 24.0. The molecule has 2 aliphatic carbocycles. The average Bonchev–Trinajstić information content (AvgIpc) is 3.82. The number of imidazole rings is 2. The molecular weight excluding hydrogens is 940 g/mol. The van der Waals surface area contributed by atoms with Crippen molar-refractivity contribution in [3.05, 3.63) is 263 Å². The van der Waals surface area contributed by atoms with Gasteiger partial charge in [0, 0.05) is 5.75 Å². The molecule has 5 nitrogen and oxygen atoms in total. The molecule has 8 aromatic carbocycles. The number of rotatable bonds is 2. The standard InChI is InChI=1S/C28H19N2O.C28H19N2.Pt/c1-29-18-30(26-15-7-6-14-25(26)29)27-17-24-22(13-8-16-28(24)31)20-10-3-2-9-19(20)21-11-4-5-12-23(21)27;1-29-19-30(27-17-9-8-16-26(27)29)28-18-20-10-2-3-11-21(20)22-12-4-5-13-23(22)24-14-6-7-15-25(24)28;/h2-16,31H,1H3;2-17H,1H3;/q2*-1;+4/b21-19-,22-20-,27-23+;22-21-,24-23-,28-25+;. The minimum Gasteiger partial charge on any atom is -0.551 e. The van der Waals surface area contributed by atoms with Gasteiger partial charge in [-0.3, -0.25) is 0 Å². The molecule has 10 aromatic rings. The second kappa shape index (κ2) is 15.9. The molecule has 2 aliphatic rings. The number of hydrogen-bond acceptors (Lipinski definition) is 1. The van der Waals surface area contributed by atoms with E-state index < -0.39 is 0 Å². The predicted octanol–water partition coefficient (Wildman–Crippen LogP) is 6.04. The van der Waals surface area contributed by atoms with Crippen LogP contribution < -0.4 is 30.0 Å². The van der Waals surface area contributed by atoms with E-state index in [1.807, 2.05) is 64.2 Å². The summed E-state index contributed by atoms with van der Waals surface area (Å²) in [4.78, 5) is 0. The van der Waals surface area contributed by atoms with Gasteiger partial charge in [-0.05, 0) is 21.8 Å². The van der Waals surface area contributed by atoms with Gasteiger partial charge in [0.05, 0.1) is 36.2 Å². The van der Waals surface area contributed by atoms with Crippen LogP contribution in [0.2, 0.25) is 0 Å². The van der Waals surface area contributed by atoms with Gasteiger partial charge in [0.2, 0.25) is 12.7 Å². The number of phenolic OH excluding ortho intramolecular Hbond substituents is 1. The second-order valence-corrected chi connectivity index (χ2v) is 15.3. The van der Waals surface area contributed by atoms with Crippen LogP contribution in [0, 0.1) is 54.4 Å². The topological polar surface area (TPSA) is 37.9 Å². The maximum Gasteiger partial charge on any atom is 4.00 e. The molecule has 296 valence electrons. The van der Waals surface area contributed by atoms with Crippen LogP contribution in [0.25, 0.3) is 45.6 Å². The number of aromatic hydroxyl groups is 1. The largest absolute Gasteiger partial charge is 4.00 e. The molecule has 0 fully saturated rings. The monoisotopic (exact) mass is 977 g/mol. The molecular formula is C56H38N4OPt+2. The smallest absolute Gasteiger partial charge is 0.551 e. The summed E-state index contributed by atoms with van der Waals surface area (Å²) in [5.74, 6) is 0.213. The minimum absolute atomic E-state index is 0. The number of aromatic nitrogens is 4. The van der Waals surface area contributed by atoms with Crippen LogP contribution in [-0.2, 0) is 35.2 Å². The molecule has 0 atom stereocenters. The molecule has 2 aromatic heterocycles. The molecule has 0 spiro atoms. The van der Waals surface area contributed by atoms with Gasteiger partial charge in [0.1, 0.15) is 0 Å². The quantitative estimate of drug-likeness (QED) is 0.167. The van der Waals surface area contributed by atoms with Gasteiger partial charge in [-0.15, -0.1) is 46.9 Å². The van der Waals surface area contributed by atoms with Crippen molar-refractivity contribution in [3.63, 3.8) is 0 Å². The first kappa shape index (κ1) is 38.8. The van der Waals surface area contributed by atoms with Crippen LogP contribution in [-0.4, -0.2) is 14.2 Å². The summed E-state index contributed by atoms with van der Waals surface area (Å²) in [5.41, 5.74) is 6.22. The molecule has 2 heterocycles. The third-order valence-corrected chi connectivity index (χ3v) is 11.8. The molecule has 0 aliphatic heterocycles. The minimum atomic E-state index is 0. The van der Waals surface area contributed by atoms with Crippen LogP contribution in [0.3, 0.4) is 0 Å². The van der Waals surface area contributed by atoms with Crippen LogP contribution in [0.15, 0.2) is 188 Å². The number of hydrogen-bond donors (Lipinski definition) is 1. The predicted molar refractivity (Wildman–Crippen MR) is 238 cm³/mol. The fourth-order valence-corrected chi connectivity index (χ4v) is 8.94. The van der Waals surface area contributed by atoms with Crippen molar-refractivity contribution >= 4 is 45.6 Å². The van der Waals surface area contributed by atoms with E-state index in [0.29, 0.717) is 5.22 Å². The van der Waals surface area contributed by atoms with E-state index in [4.69, 9.17) is 0 Å². The Morgan fingerprint density at radius 2 is 0.726 bits per heavy atom. The fourth-order valence-electron chi connectivity index (χ4n) is 8.94. The number of nitrogens with zero attached hydrogens (tertiary/aromatic N) is 4. The van der Waals surface area contributed by atoms with Crippen LogP contribution >= 0.6 is 0 Å². The van der Waals surface area contributed by atoms with Crippen LogP contribution in [0.1, 0.15) is 0 Å². The Kier molecular flexibility index (Phi) is 9.98. The molecule has 0 saturated carbocycles. The molecule has 0 radical (unpaired) electrons. The van der Waals surface area contributed by atoms with Crippen LogP contribution in [0.4, 0.5) is 0 Å². The Morgan fingerprint density at radius 1 is 0.371 bits per heavy atom. The summed E-state index contributed by atoms with van der Waals surface area (Å²) in [6.07, 6.45) is 14.3. The van der Waals surface area contributed by atoms with Crippen molar-refractivity contribution in [1.82, 2.24) is 9.13 Å². The Balaban J connectivity index is 0.000000146. The summed E-state index contributed by atoms with van der Waals surface area (Å²) in [7, 11) is 4.03. The SMILES string of the molecule is Cn1[c-][n+](C2=c3\cccc\c3=c3/cccc/c3=c3\cccc(O)\c3=[C-]\2)c2ccccc21.Cn1[c-][n+](C2=c3\cccc\c3=c3/cccc/c3=c3\cccc\c3=[C-]\2)c2ccccc21.[Pt+4]. The van der Waals surface area contributed by atoms with Gasteiger partial charge < -0.3 is 23.4 Å². The Morgan fingerprint density at radius 3 is 1.24 bits per heavy atom. The van der Waals surface area contributed by atoms with Crippen molar-refractivity contribution in [1.29, 1.82) is 0 Å². The van der Waals surface area contributed by atoms with Crippen molar-refractivity contribution in [3.8, 4) is 5.75 Å². The van der Waals surface area contributed by atoms with Gasteiger partial charge in [-0.2, -0.15) is 0 Å². The normalized spacial score (nSPS) is 17.3. The van der Waals surface area contributed by atoms with E-state index in [9.17, 15) is 5.11 Å². The van der Waals surface area contributed by atoms with E-state index in [0.717, 1.165) is 70.0 Å². The molecule has 12 rings (SSSR count). The zero-order valence-corrected chi connectivity index (χ0v) is 36.2. The number of phenols is 1. The first-order valence-corrected chi connectivity index (χ1v) is 20.4. The number of benzene rings is 8. The average molecular weight is 978 g/mol. The van der Waals surface area contributed by atoms with Crippen molar-refractivity contribution in [2.24, 2.45) is 14.1 Å². The first-order valence-electron chi connectivity index (χ1n) is 20.4. The Bertz CT molecular complexity index is 4120. The summed E-state index contributed by atoms with van der Waals surface area (Å²) in [6, 6.07) is 64.7. The maximum atomic E-state index is 10.8. The maximum absolute atomic E-state index is 10.8. The molecule has 0 unspecified atom stereocenters. The molecule has 1 N–H and O–H groups in total. The first-order chi connectivity index (χ1) is 30.0. The zero-order chi connectivity index (χ0) is 41.0. The van der Waals surface area contributed by atoms with E-state index >= 15 is 0 Å². The summed E-state index contributed by atoms with van der Waals surface area (Å²) < 4.78 is 8.22. The number of para-hydroxylation sites is 4. The summed E-state index contributed by atoms with van der Waals surface area (Å²) in [6.45, 7) is 0. The molecule has 6 heteroatoms. The fraction of sp³-hybridized carbons (Fsp3) is 0.0357. The van der Waals surface area contributed by atoms with Crippen molar-refractivity contribution in [2.75, 3.05) is 0 Å². The molecule has 62 heavy (non-hydrogen) atoms.